The zero-order valence-corrected chi connectivity index (χ0v) is 9.18. The zero-order valence-electron chi connectivity index (χ0n) is 9.18. The Bertz CT molecular complexity index is 313. The van der Waals surface area contributed by atoms with Gasteiger partial charge in [-0.1, -0.05) is 0 Å². The highest BCUT2D eigenvalue weighted by Crippen LogP contribution is 2.31. The van der Waals surface area contributed by atoms with Crippen LogP contribution in [-0.4, -0.2) is 79.6 Å². The van der Waals surface area contributed by atoms with Gasteiger partial charge in [0.2, 0.25) is 0 Å². The quantitative estimate of drug-likeness (QED) is 0.316. The molecule has 1 fully saturated rings. The molecule has 1 rings (SSSR count). The zero-order chi connectivity index (χ0) is 14.1. The molecule has 106 valence electrons. The van der Waals surface area contributed by atoms with Gasteiger partial charge in [0.15, 0.2) is 6.17 Å². The maximum absolute atomic E-state index is 13.6. The Morgan fingerprint density at radius 2 is 2.06 bits per heavy atom. The molecule has 0 aliphatic carbocycles. The van der Waals surface area contributed by atoms with Gasteiger partial charge in [0.25, 0.3) is 5.79 Å². The van der Waals surface area contributed by atoms with Crippen molar-refractivity contribution in [3.05, 3.63) is 0 Å². The summed E-state index contributed by atoms with van der Waals surface area (Å²) >= 11 is 0. The second-order valence-electron chi connectivity index (χ2n) is 4.13. The summed E-state index contributed by atoms with van der Waals surface area (Å²) in [6, 6.07) is 0. The summed E-state index contributed by atoms with van der Waals surface area (Å²) in [5, 5.41) is 54.7. The number of alkyl halides is 1. The number of hydrogen-bond acceptors (Lipinski definition) is 7. The number of aliphatic hydroxyl groups is 5. The lowest BCUT2D eigenvalue weighted by molar-refractivity contribution is -0.304. The van der Waals surface area contributed by atoms with Crippen molar-refractivity contribution in [2.45, 2.75) is 42.8 Å². The highest BCUT2D eigenvalue weighted by molar-refractivity contribution is 5.75. The lowest BCUT2D eigenvalue weighted by Gasteiger charge is -2.41. The van der Waals surface area contributed by atoms with Crippen LogP contribution in [0.1, 0.15) is 6.42 Å². The summed E-state index contributed by atoms with van der Waals surface area (Å²) in [6.07, 6.45) is -10.8. The summed E-state index contributed by atoms with van der Waals surface area (Å²) in [6.45, 7) is -0.921. The molecule has 8 nitrogen and oxygen atoms in total. The van der Waals surface area contributed by atoms with Crippen LogP contribution in [0.15, 0.2) is 0 Å². The van der Waals surface area contributed by atoms with E-state index in [1.54, 1.807) is 0 Å². The van der Waals surface area contributed by atoms with Crippen LogP contribution in [0.2, 0.25) is 0 Å². The van der Waals surface area contributed by atoms with E-state index in [1.807, 2.05) is 0 Å². The Labute approximate surface area is 101 Å². The molecule has 1 saturated heterocycles. The van der Waals surface area contributed by atoms with Crippen LogP contribution < -0.4 is 0 Å². The Hall–Kier alpha value is -0.840. The molecule has 1 heterocycles. The first-order chi connectivity index (χ1) is 8.23. The fraction of sp³-hybridized carbons (Fsp3) is 0.889. The Morgan fingerprint density at radius 3 is 2.50 bits per heavy atom. The molecule has 0 amide bonds. The van der Waals surface area contributed by atoms with E-state index in [1.165, 1.54) is 0 Å². The summed E-state index contributed by atoms with van der Waals surface area (Å²) < 4.78 is 18.1. The number of rotatable bonds is 4. The molecule has 9 heteroatoms. The monoisotopic (exact) mass is 270 g/mol. The molecule has 1 aliphatic heterocycles. The Morgan fingerprint density at radius 1 is 1.50 bits per heavy atom. The molecule has 6 atom stereocenters. The van der Waals surface area contributed by atoms with Crippen molar-refractivity contribution < 1.29 is 44.6 Å². The fourth-order valence-electron chi connectivity index (χ4n) is 1.68. The average molecular weight is 270 g/mol. The van der Waals surface area contributed by atoms with E-state index in [0.29, 0.717) is 0 Å². The number of ether oxygens (including phenoxy) is 1. The summed E-state index contributed by atoms with van der Waals surface area (Å²) in [7, 11) is 0. The third-order valence-corrected chi connectivity index (χ3v) is 2.75. The van der Waals surface area contributed by atoms with Crippen molar-refractivity contribution in [1.29, 1.82) is 0 Å². The Balaban J connectivity index is 2.92. The molecule has 6 N–H and O–H groups in total. The number of carboxylic acids is 1. The molecule has 0 aromatic rings. The molecule has 0 aromatic heterocycles. The number of aliphatic carboxylic acids is 1. The van der Waals surface area contributed by atoms with Crippen molar-refractivity contribution in [2.24, 2.45) is 0 Å². The second-order valence-corrected chi connectivity index (χ2v) is 4.13. The van der Waals surface area contributed by atoms with E-state index in [2.05, 4.69) is 4.74 Å². The van der Waals surface area contributed by atoms with Gasteiger partial charge in [0.1, 0.15) is 18.3 Å². The topological polar surface area (TPSA) is 148 Å². The largest absolute Gasteiger partial charge is 0.477 e. The molecule has 0 spiro atoms. The Kier molecular flexibility index (Phi) is 4.59. The van der Waals surface area contributed by atoms with Crippen LogP contribution in [0, 0.1) is 0 Å². The number of carbonyl (C=O) groups is 1. The first-order valence-corrected chi connectivity index (χ1v) is 5.15. The number of hydrogen-bond donors (Lipinski definition) is 6. The van der Waals surface area contributed by atoms with Crippen LogP contribution in [0.5, 0.6) is 0 Å². The van der Waals surface area contributed by atoms with Crippen molar-refractivity contribution in [2.75, 3.05) is 6.61 Å². The summed E-state index contributed by atoms with van der Waals surface area (Å²) in [5.74, 6) is -4.72. The van der Waals surface area contributed by atoms with E-state index >= 15 is 0 Å². The number of carboxylic acid groups (broad SMARTS) is 1. The van der Waals surface area contributed by atoms with Crippen molar-refractivity contribution in [3.63, 3.8) is 0 Å². The number of halogens is 1. The molecule has 18 heavy (non-hydrogen) atoms. The predicted molar refractivity (Wildman–Crippen MR) is 52.1 cm³/mol. The fourth-order valence-corrected chi connectivity index (χ4v) is 1.68. The van der Waals surface area contributed by atoms with Crippen molar-refractivity contribution in [1.82, 2.24) is 0 Å². The minimum absolute atomic E-state index is 0.915. The third kappa shape index (κ3) is 2.76. The van der Waals surface area contributed by atoms with Gasteiger partial charge >= 0.3 is 5.97 Å². The molecule has 0 saturated carbocycles. The predicted octanol–water partition coefficient (Wildman–Crippen LogP) is -3.04. The first-order valence-electron chi connectivity index (χ1n) is 5.15. The van der Waals surface area contributed by atoms with Gasteiger partial charge in [0, 0.05) is 6.42 Å². The first kappa shape index (κ1) is 15.2. The molecular weight excluding hydrogens is 255 g/mol. The summed E-state index contributed by atoms with van der Waals surface area (Å²) in [5.41, 5.74) is 0. The van der Waals surface area contributed by atoms with E-state index < -0.39 is 55.4 Å². The second kappa shape index (κ2) is 5.43. The highest BCUT2D eigenvalue weighted by atomic mass is 19.1. The van der Waals surface area contributed by atoms with E-state index in [-0.39, 0.29) is 0 Å². The van der Waals surface area contributed by atoms with Crippen LogP contribution in [0.4, 0.5) is 4.39 Å². The van der Waals surface area contributed by atoms with Crippen LogP contribution in [-0.2, 0) is 9.53 Å². The molecule has 6 unspecified atom stereocenters. The summed E-state index contributed by atoms with van der Waals surface area (Å²) in [4.78, 5) is 10.7. The van der Waals surface area contributed by atoms with Gasteiger partial charge < -0.3 is 35.4 Å². The molecule has 0 bridgehead atoms. The van der Waals surface area contributed by atoms with E-state index in [9.17, 15) is 24.5 Å². The normalized spacial score (nSPS) is 40.2. The minimum Gasteiger partial charge on any atom is -0.477 e. The number of aliphatic hydroxyl groups excluding tert-OH is 4. The van der Waals surface area contributed by atoms with E-state index in [0.717, 1.165) is 0 Å². The highest BCUT2D eigenvalue weighted by Gasteiger charge is 2.53. The van der Waals surface area contributed by atoms with Crippen molar-refractivity contribution >= 4 is 5.97 Å². The third-order valence-electron chi connectivity index (χ3n) is 2.75. The standard InChI is InChI=1S/C9H15FO8/c10-5-3(12)1-9(17,8(15)16)18-7(5)6(14)4(13)2-11/h3-7,11-14,17H,1-2H2,(H,15,16). The van der Waals surface area contributed by atoms with Crippen LogP contribution in [0.25, 0.3) is 0 Å². The minimum atomic E-state index is -2.86. The molecule has 0 aromatic carbocycles. The van der Waals surface area contributed by atoms with Gasteiger partial charge in [-0.05, 0) is 0 Å². The smallest absolute Gasteiger partial charge is 0.364 e. The lowest BCUT2D eigenvalue weighted by Crippen LogP contribution is -2.61. The van der Waals surface area contributed by atoms with Gasteiger partial charge in [-0.2, -0.15) is 0 Å². The average Bonchev–Trinajstić information content (AvgIpc) is 2.31. The van der Waals surface area contributed by atoms with Crippen LogP contribution >= 0.6 is 0 Å². The molecular formula is C9H15FO8. The SMILES string of the molecule is O=C(O)C1(O)CC(O)C(F)C(C(O)C(O)CO)O1. The van der Waals surface area contributed by atoms with Gasteiger partial charge in [-0.15, -0.1) is 0 Å². The van der Waals surface area contributed by atoms with E-state index in [4.69, 9.17) is 15.3 Å². The lowest BCUT2D eigenvalue weighted by atomic mass is 9.92. The van der Waals surface area contributed by atoms with Gasteiger partial charge in [-0.25, -0.2) is 9.18 Å². The molecule has 1 aliphatic rings. The maximum atomic E-state index is 13.6. The molecule has 0 radical (unpaired) electrons. The van der Waals surface area contributed by atoms with Gasteiger partial charge in [0.05, 0.1) is 12.7 Å². The van der Waals surface area contributed by atoms with Gasteiger partial charge in [-0.3, -0.25) is 0 Å². The van der Waals surface area contributed by atoms with Crippen LogP contribution in [0.3, 0.4) is 0 Å². The van der Waals surface area contributed by atoms with Crippen molar-refractivity contribution in [3.8, 4) is 0 Å². The maximum Gasteiger partial charge on any atom is 0.364 e.